The standard InChI is InChI=1S/C32H33ClN2O5/c1-39-27-17-11-23(12-18-27)30(31(37)34-25-6-4-3-5-7-25)35(26-15-19-28(40-2)20-16-26)32(38)29(36)21-10-22-8-13-24(33)14-9-22/h8-21,25,30H,3-7H2,1-2H3,(H,34,37)/b21-10-. The lowest BCUT2D eigenvalue weighted by Crippen LogP contribution is -2.48. The van der Waals surface area contributed by atoms with E-state index in [9.17, 15) is 14.4 Å². The van der Waals surface area contributed by atoms with Gasteiger partial charge in [-0.05, 0) is 78.6 Å². The number of hydrogen-bond acceptors (Lipinski definition) is 5. The Labute approximate surface area is 239 Å². The molecule has 0 aliphatic heterocycles. The maximum absolute atomic E-state index is 13.9. The topological polar surface area (TPSA) is 84.9 Å². The molecule has 0 spiro atoms. The molecule has 7 nitrogen and oxygen atoms in total. The lowest BCUT2D eigenvalue weighted by molar-refractivity contribution is -0.135. The van der Waals surface area contributed by atoms with Crippen LogP contribution in [0.3, 0.4) is 0 Å². The van der Waals surface area contributed by atoms with Crippen molar-refractivity contribution in [3.63, 3.8) is 0 Å². The fourth-order valence-corrected chi connectivity index (χ4v) is 4.92. The first-order valence-electron chi connectivity index (χ1n) is 13.3. The number of nitrogens with zero attached hydrogens (tertiary/aromatic N) is 1. The van der Waals surface area contributed by atoms with Crippen molar-refractivity contribution in [2.45, 2.75) is 44.2 Å². The van der Waals surface area contributed by atoms with Crippen LogP contribution in [0.2, 0.25) is 5.02 Å². The van der Waals surface area contributed by atoms with Gasteiger partial charge in [0, 0.05) is 16.8 Å². The predicted octanol–water partition coefficient (Wildman–Crippen LogP) is 6.16. The number of anilines is 1. The maximum atomic E-state index is 13.9. The monoisotopic (exact) mass is 560 g/mol. The van der Waals surface area contributed by atoms with Crippen LogP contribution in [0, 0.1) is 0 Å². The zero-order valence-corrected chi connectivity index (χ0v) is 23.4. The van der Waals surface area contributed by atoms with Crippen LogP contribution in [0.15, 0.2) is 78.9 Å². The van der Waals surface area contributed by atoms with Crippen molar-refractivity contribution >= 4 is 41.0 Å². The number of ketones is 1. The molecule has 8 heteroatoms. The minimum Gasteiger partial charge on any atom is -0.497 e. The van der Waals surface area contributed by atoms with Crippen molar-refractivity contribution in [3.8, 4) is 11.5 Å². The van der Waals surface area contributed by atoms with Gasteiger partial charge in [0.1, 0.15) is 17.5 Å². The lowest BCUT2D eigenvalue weighted by atomic mass is 9.94. The molecular formula is C32H33ClN2O5. The van der Waals surface area contributed by atoms with Crippen LogP contribution in [0.1, 0.15) is 49.3 Å². The van der Waals surface area contributed by atoms with E-state index in [1.54, 1.807) is 93.1 Å². The quantitative estimate of drug-likeness (QED) is 0.237. The highest BCUT2D eigenvalue weighted by molar-refractivity contribution is 6.46. The molecule has 1 atom stereocenters. The molecule has 2 amide bonds. The van der Waals surface area contributed by atoms with Crippen molar-refractivity contribution in [1.82, 2.24) is 5.32 Å². The number of nitrogens with one attached hydrogen (secondary N) is 1. The van der Waals surface area contributed by atoms with Gasteiger partial charge < -0.3 is 14.8 Å². The van der Waals surface area contributed by atoms with Crippen molar-refractivity contribution in [2.75, 3.05) is 19.1 Å². The van der Waals surface area contributed by atoms with E-state index >= 15 is 0 Å². The molecule has 208 valence electrons. The maximum Gasteiger partial charge on any atom is 0.299 e. The SMILES string of the molecule is COc1ccc(C(C(=O)NC2CCCCC2)N(C(=O)C(=O)/C=C\c2ccc(Cl)cc2)c2ccc(OC)cc2)cc1. The Morgan fingerprint density at radius 2 is 1.43 bits per heavy atom. The number of methoxy groups -OCH3 is 2. The van der Waals surface area contributed by atoms with E-state index < -0.39 is 17.7 Å². The second kappa shape index (κ2) is 13.8. The molecule has 1 fully saturated rings. The van der Waals surface area contributed by atoms with E-state index in [-0.39, 0.29) is 11.9 Å². The number of ether oxygens (including phenoxy) is 2. The molecule has 1 saturated carbocycles. The molecule has 3 aromatic rings. The van der Waals surface area contributed by atoms with E-state index in [1.807, 2.05) is 0 Å². The third-order valence-electron chi connectivity index (χ3n) is 6.97. The first-order valence-corrected chi connectivity index (χ1v) is 13.7. The van der Waals surface area contributed by atoms with Gasteiger partial charge in [-0.15, -0.1) is 0 Å². The number of amides is 2. The largest absolute Gasteiger partial charge is 0.497 e. The van der Waals surface area contributed by atoms with Crippen LogP contribution in [0.25, 0.3) is 6.08 Å². The highest BCUT2D eigenvalue weighted by atomic mass is 35.5. The first kappa shape index (κ1) is 28.9. The molecule has 0 heterocycles. The molecule has 0 aromatic heterocycles. The summed E-state index contributed by atoms with van der Waals surface area (Å²) in [5.74, 6) is -0.766. The Hall–Kier alpha value is -4.10. The molecule has 3 aromatic carbocycles. The van der Waals surface area contributed by atoms with Crippen molar-refractivity contribution < 1.29 is 23.9 Å². The van der Waals surface area contributed by atoms with Crippen LogP contribution < -0.4 is 19.7 Å². The molecule has 40 heavy (non-hydrogen) atoms. The fourth-order valence-electron chi connectivity index (χ4n) is 4.79. The molecule has 1 N–H and O–H groups in total. The molecule has 1 unspecified atom stereocenters. The van der Waals surface area contributed by atoms with Crippen LogP contribution >= 0.6 is 11.6 Å². The van der Waals surface area contributed by atoms with Crippen LogP contribution in [0.4, 0.5) is 5.69 Å². The Balaban J connectivity index is 1.74. The van der Waals surface area contributed by atoms with E-state index in [0.29, 0.717) is 33.3 Å². The Morgan fingerprint density at radius 1 is 0.850 bits per heavy atom. The normalized spacial score (nSPS) is 14.4. The van der Waals surface area contributed by atoms with Gasteiger partial charge in [0.05, 0.1) is 14.2 Å². The minimum atomic E-state index is -1.10. The number of carbonyl (C=O) groups excluding carboxylic acids is 3. The molecule has 1 aliphatic carbocycles. The minimum absolute atomic E-state index is 0.00956. The summed E-state index contributed by atoms with van der Waals surface area (Å²) >= 11 is 5.96. The summed E-state index contributed by atoms with van der Waals surface area (Å²) < 4.78 is 10.6. The van der Waals surface area contributed by atoms with E-state index in [4.69, 9.17) is 21.1 Å². The van der Waals surface area contributed by atoms with Gasteiger partial charge >= 0.3 is 0 Å². The number of benzene rings is 3. The van der Waals surface area contributed by atoms with Gasteiger partial charge in [-0.3, -0.25) is 19.3 Å². The smallest absolute Gasteiger partial charge is 0.299 e. The number of halogens is 1. The average Bonchev–Trinajstić information content (AvgIpc) is 2.99. The van der Waals surface area contributed by atoms with Gasteiger partial charge in [0.25, 0.3) is 5.91 Å². The van der Waals surface area contributed by atoms with Crippen molar-refractivity contribution in [3.05, 3.63) is 95.0 Å². The van der Waals surface area contributed by atoms with Crippen LogP contribution in [-0.2, 0) is 14.4 Å². The fraction of sp³-hybridized carbons (Fsp3) is 0.281. The van der Waals surface area contributed by atoms with Crippen molar-refractivity contribution in [2.24, 2.45) is 0 Å². The van der Waals surface area contributed by atoms with E-state index in [1.165, 1.54) is 11.0 Å². The third kappa shape index (κ3) is 7.30. The van der Waals surface area contributed by atoms with Gasteiger partial charge in [-0.2, -0.15) is 0 Å². The Kier molecular flexibility index (Phi) is 9.97. The van der Waals surface area contributed by atoms with Gasteiger partial charge in [-0.1, -0.05) is 61.2 Å². The summed E-state index contributed by atoms with van der Waals surface area (Å²) in [6, 6.07) is 19.4. The lowest BCUT2D eigenvalue weighted by Gasteiger charge is -2.33. The molecule has 0 bridgehead atoms. The predicted molar refractivity (Wildman–Crippen MR) is 157 cm³/mol. The third-order valence-corrected chi connectivity index (χ3v) is 7.22. The summed E-state index contributed by atoms with van der Waals surface area (Å²) in [6.07, 6.45) is 7.72. The van der Waals surface area contributed by atoms with Gasteiger partial charge in [0.2, 0.25) is 11.7 Å². The molecule has 1 aliphatic rings. The summed E-state index contributed by atoms with van der Waals surface area (Å²) in [7, 11) is 3.10. The Bertz CT molecular complexity index is 1330. The molecular weight excluding hydrogens is 528 g/mol. The zero-order valence-electron chi connectivity index (χ0n) is 22.6. The second-order valence-electron chi connectivity index (χ2n) is 9.64. The average molecular weight is 561 g/mol. The number of rotatable bonds is 10. The molecule has 0 saturated heterocycles. The zero-order chi connectivity index (χ0) is 28.5. The second-order valence-corrected chi connectivity index (χ2v) is 10.1. The van der Waals surface area contributed by atoms with Crippen LogP contribution in [0.5, 0.6) is 11.5 Å². The highest BCUT2D eigenvalue weighted by Gasteiger charge is 2.36. The highest BCUT2D eigenvalue weighted by Crippen LogP contribution is 2.31. The first-order chi connectivity index (χ1) is 19.4. The van der Waals surface area contributed by atoms with Gasteiger partial charge in [0.15, 0.2) is 0 Å². The van der Waals surface area contributed by atoms with E-state index in [0.717, 1.165) is 32.1 Å². The Morgan fingerprint density at radius 3 is 2.00 bits per heavy atom. The summed E-state index contributed by atoms with van der Waals surface area (Å²) in [5, 5.41) is 3.71. The van der Waals surface area contributed by atoms with Crippen LogP contribution in [-0.4, -0.2) is 37.9 Å². The summed E-state index contributed by atoms with van der Waals surface area (Å²) in [5.41, 5.74) is 1.65. The molecule has 0 radical (unpaired) electrons. The van der Waals surface area contributed by atoms with Gasteiger partial charge in [-0.25, -0.2) is 0 Å². The number of hydrogen-bond donors (Lipinski definition) is 1. The summed E-state index contributed by atoms with van der Waals surface area (Å²) in [6.45, 7) is 0. The van der Waals surface area contributed by atoms with E-state index in [2.05, 4.69) is 5.32 Å². The summed E-state index contributed by atoms with van der Waals surface area (Å²) in [4.78, 5) is 42.4. The van der Waals surface area contributed by atoms with Crippen molar-refractivity contribution in [1.29, 1.82) is 0 Å². The number of carbonyl (C=O) groups is 3. The molecule has 4 rings (SSSR count).